The van der Waals surface area contributed by atoms with Crippen LogP contribution in [0, 0.1) is 0 Å². The summed E-state index contributed by atoms with van der Waals surface area (Å²) in [4.78, 5) is 13.9. The highest BCUT2D eigenvalue weighted by atomic mass is 32.2. The van der Waals surface area contributed by atoms with Crippen LogP contribution in [0.15, 0.2) is 30.3 Å². The lowest BCUT2D eigenvalue weighted by atomic mass is 9.83. The van der Waals surface area contributed by atoms with E-state index in [9.17, 15) is 13.2 Å². The largest absolute Gasteiger partial charge is 0.450 e. The number of nitrogens with one attached hydrogen (secondary N) is 1. The molecule has 1 aromatic rings. The van der Waals surface area contributed by atoms with Gasteiger partial charge in [0.1, 0.15) is 0 Å². The average Bonchev–Trinajstić information content (AvgIpc) is 3.08. The summed E-state index contributed by atoms with van der Waals surface area (Å²) < 4.78 is 37.4. The van der Waals surface area contributed by atoms with E-state index < -0.39 is 16.1 Å². The molecule has 0 aromatic heterocycles. The number of amides is 1. The third kappa shape index (κ3) is 6.17. The second-order valence-electron chi connectivity index (χ2n) is 7.96. The van der Waals surface area contributed by atoms with Crippen molar-refractivity contribution in [1.29, 1.82) is 0 Å². The lowest BCUT2D eigenvalue weighted by Crippen LogP contribution is -2.49. The molecule has 0 spiro atoms. The van der Waals surface area contributed by atoms with Gasteiger partial charge in [0.05, 0.1) is 31.6 Å². The lowest BCUT2D eigenvalue weighted by molar-refractivity contribution is -0.00654. The molecule has 1 amide bonds. The molecule has 1 N–H and O–H groups in total. The number of ether oxygens (including phenoxy) is 2. The zero-order chi connectivity index (χ0) is 20.9. The van der Waals surface area contributed by atoms with Crippen LogP contribution in [0.25, 0.3) is 0 Å². The van der Waals surface area contributed by atoms with E-state index in [0.717, 1.165) is 31.9 Å². The van der Waals surface area contributed by atoms with Crippen LogP contribution in [0.4, 0.5) is 4.79 Å². The van der Waals surface area contributed by atoms with Gasteiger partial charge in [-0.1, -0.05) is 30.3 Å². The molecule has 29 heavy (non-hydrogen) atoms. The number of rotatable bonds is 7. The number of sulfonamides is 1. The maximum Gasteiger partial charge on any atom is 0.410 e. The van der Waals surface area contributed by atoms with Crippen molar-refractivity contribution in [3.8, 4) is 0 Å². The highest BCUT2D eigenvalue weighted by molar-refractivity contribution is 7.88. The summed E-state index contributed by atoms with van der Waals surface area (Å²) >= 11 is 0. The highest BCUT2D eigenvalue weighted by Crippen LogP contribution is 2.34. The zero-order valence-electron chi connectivity index (χ0n) is 17.2. The number of hydrogen-bond donors (Lipinski definition) is 1. The Labute approximate surface area is 173 Å². The van der Waals surface area contributed by atoms with Crippen molar-refractivity contribution in [1.82, 2.24) is 9.62 Å². The maximum absolute atomic E-state index is 12.3. The van der Waals surface area contributed by atoms with Crippen LogP contribution in [0.5, 0.6) is 0 Å². The molecular formula is C21H32N2O5S. The van der Waals surface area contributed by atoms with Crippen molar-refractivity contribution >= 4 is 16.1 Å². The van der Waals surface area contributed by atoms with Crippen molar-refractivity contribution in [2.45, 2.75) is 63.1 Å². The van der Waals surface area contributed by atoms with Crippen molar-refractivity contribution in [2.75, 3.05) is 26.0 Å². The molecule has 2 atom stereocenters. The first-order valence-electron chi connectivity index (χ1n) is 10.4. The van der Waals surface area contributed by atoms with E-state index in [1.807, 2.05) is 6.07 Å². The molecule has 0 bridgehead atoms. The predicted molar refractivity (Wildman–Crippen MR) is 111 cm³/mol. The second kappa shape index (κ2) is 9.91. The predicted octanol–water partition coefficient (Wildman–Crippen LogP) is 2.88. The molecule has 0 radical (unpaired) electrons. The van der Waals surface area contributed by atoms with Gasteiger partial charge in [-0.3, -0.25) is 0 Å². The van der Waals surface area contributed by atoms with Crippen LogP contribution in [-0.4, -0.2) is 63.6 Å². The minimum absolute atomic E-state index is 0.137. The Kier molecular flexibility index (Phi) is 7.54. The fourth-order valence-electron chi connectivity index (χ4n) is 4.43. The summed E-state index contributed by atoms with van der Waals surface area (Å²) in [6, 6.07) is 9.86. The molecule has 2 unspecified atom stereocenters. The van der Waals surface area contributed by atoms with Crippen LogP contribution >= 0.6 is 0 Å². The van der Waals surface area contributed by atoms with Gasteiger partial charge in [0.15, 0.2) is 0 Å². The van der Waals surface area contributed by atoms with Gasteiger partial charge >= 0.3 is 6.09 Å². The van der Waals surface area contributed by atoms with E-state index in [1.165, 1.54) is 5.56 Å². The van der Waals surface area contributed by atoms with Gasteiger partial charge in [-0.05, 0) is 50.5 Å². The molecular weight excluding hydrogens is 392 g/mol. The van der Waals surface area contributed by atoms with Gasteiger partial charge in [0, 0.05) is 12.6 Å². The van der Waals surface area contributed by atoms with E-state index in [2.05, 4.69) is 29.0 Å². The van der Waals surface area contributed by atoms with Crippen molar-refractivity contribution in [3.63, 3.8) is 0 Å². The standard InChI is InChI=1S/C21H32N2O5S/c1-3-27-21(24)23-14-13-19(22-29(2,25)26)20(23)15-28-18-11-9-17(10-12-18)16-7-5-4-6-8-16/h4-8,17-20,22H,3,9-15H2,1-2H3/t17-,18+,19?,20?. The van der Waals surface area contributed by atoms with Crippen molar-refractivity contribution in [2.24, 2.45) is 0 Å². The van der Waals surface area contributed by atoms with E-state index >= 15 is 0 Å². The lowest BCUT2D eigenvalue weighted by Gasteiger charge is -2.32. The highest BCUT2D eigenvalue weighted by Gasteiger charge is 2.40. The first-order chi connectivity index (χ1) is 13.9. The number of hydrogen-bond acceptors (Lipinski definition) is 5. The minimum Gasteiger partial charge on any atom is -0.450 e. The molecule has 1 saturated heterocycles. The Morgan fingerprint density at radius 2 is 1.83 bits per heavy atom. The zero-order valence-corrected chi connectivity index (χ0v) is 18.1. The number of carbonyl (C=O) groups excluding carboxylic acids is 1. The minimum atomic E-state index is -3.37. The summed E-state index contributed by atoms with van der Waals surface area (Å²) in [5.74, 6) is 0.568. The van der Waals surface area contributed by atoms with Crippen LogP contribution in [0.2, 0.25) is 0 Å². The smallest absolute Gasteiger partial charge is 0.410 e. The molecule has 2 aliphatic rings. The molecule has 1 saturated carbocycles. The Morgan fingerprint density at radius 3 is 2.45 bits per heavy atom. The van der Waals surface area contributed by atoms with Crippen LogP contribution in [0.3, 0.4) is 0 Å². The monoisotopic (exact) mass is 424 g/mol. The number of likely N-dealkylation sites (tertiary alicyclic amines) is 1. The molecule has 162 valence electrons. The molecule has 7 nitrogen and oxygen atoms in total. The van der Waals surface area contributed by atoms with Gasteiger partial charge in [0.2, 0.25) is 10.0 Å². The number of carbonyl (C=O) groups is 1. The van der Waals surface area contributed by atoms with Gasteiger partial charge in [-0.25, -0.2) is 17.9 Å². The van der Waals surface area contributed by atoms with Gasteiger partial charge < -0.3 is 14.4 Å². The first kappa shape index (κ1) is 22.1. The normalized spacial score (nSPS) is 27.7. The molecule has 1 aromatic carbocycles. The summed E-state index contributed by atoms with van der Waals surface area (Å²) in [5, 5.41) is 0. The quantitative estimate of drug-likeness (QED) is 0.728. The van der Waals surface area contributed by atoms with E-state index in [0.29, 0.717) is 25.5 Å². The summed E-state index contributed by atoms with van der Waals surface area (Å²) in [5.41, 5.74) is 1.38. The fraction of sp³-hybridized carbons (Fsp3) is 0.667. The fourth-order valence-corrected chi connectivity index (χ4v) is 5.25. The third-order valence-corrected chi connectivity index (χ3v) is 6.59. The first-order valence-corrected chi connectivity index (χ1v) is 12.3. The summed E-state index contributed by atoms with van der Waals surface area (Å²) in [7, 11) is -3.37. The molecule has 3 rings (SSSR count). The molecule has 2 fully saturated rings. The maximum atomic E-state index is 12.3. The van der Waals surface area contributed by atoms with E-state index in [4.69, 9.17) is 9.47 Å². The summed E-state index contributed by atoms with van der Waals surface area (Å²) in [6.45, 7) is 2.82. The Bertz CT molecular complexity index is 763. The van der Waals surface area contributed by atoms with Crippen molar-refractivity contribution < 1.29 is 22.7 Å². The topological polar surface area (TPSA) is 84.9 Å². The second-order valence-corrected chi connectivity index (χ2v) is 9.74. The van der Waals surface area contributed by atoms with E-state index in [1.54, 1.807) is 11.8 Å². The Balaban J connectivity index is 1.56. The van der Waals surface area contributed by atoms with Gasteiger partial charge in [-0.2, -0.15) is 0 Å². The van der Waals surface area contributed by atoms with E-state index in [-0.39, 0.29) is 24.8 Å². The van der Waals surface area contributed by atoms with Crippen molar-refractivity contribution in [3.05, 3.63) is 35.9 Å². The van der Waals surface area contributed by atoms with Crippen LogP contribution in [0.1, 0.15) is 50.5 Å². The third-order valence-electron chi connectivity index (χ3n) is 5.86. The van der Waals surface area contributed by atoms with Crippen LogP contribution < -0.4 is 4.72 Å². The van der Waals surface area contributed by atoms with Crippen LogP contribution in [-0.2, 0) is 19.5 Å². The molecule has 1 aliphatic carbocycles. The Morgan fingerprint density at radius 1 is 1.14 bits per heavy atom. The average molecular weight is 425 g/mol. The molecule has 1 heterocycles. The van der Waals surface area contributed by atoms with Gasteiger partial charge in [0.25, 0.3) is 0 Å². The number of nitrogens with zero attached hydrogens (tertiary/aromatic N) is 1. The summed E-state index contributed by atoms with van der Waals surface area (Å²) in [6.07, 6.45) is 5.51. The number of benzene rings is 1. The Hall–Kier alpha value is -1.64. The molecule has 8 heteroatoms. The SMILES string of the molecule is CCOC(=O)N1CCC(NS(C)(=O)=O)C1CO[C@H]1CC[C@@H](c2ccccc2)CC1. The van der Waals surface area contributed by atoms with Gasteiger partial charge in [-0.15, -0.1) is 0 Å². The molecule has 1 aliphatic heterocycles.